The summed E-state index contributed by atoms with van der Waals surface area (Å²) in [6, 6.07) is 21.1. The molecule has 0 heterocycles. The van der Waals surface area contributed by atoms with Crippen molar-refractivity contribution in [2.24, 2.45) is 0 Å². The summed E-state index contributed by atoms with van der Waals surface area (Å²) in [5, 5.41) is 1.50. The van der Waals surface area contributed by atoms with Gasteiger partial charge in [0.05, 0.1) is 0 Å². The van der Waals surface area contributed by atoms with E-state index >= 15 is 0 Å². The van der Waals surface area contributed by atoms with Gasteiger partial charge in [-0.05, 0) is 41.5 Å². The lowest BCUT2D eigenvalue weighted by molar-refractivity contribution is -0.131. The third-order valence-electron chi connectivity index (χ3n) is 3.67. The maximum atomic E-state index is 11.1. The van der Waals surface area contributed by atoms with Crippen LogP contribution in [0.25, 0.3) is 12.2 Å². The van der Waals surface area contributed by atoms with E-state index in [1.807, 2.05) is 54.6 Å². The van der Waals surface area contributed by atoms with Gasteiger partial charge in [-0.3, -0.25) is 4.79 Å². The normalized spacial score (nSPS) is 10.4. The molecule has 0 aliphatic rings. The van der Waals surface area contributed by atoms with Crippen molar-refractivity contribution in [1.82, 2.24) is 0 Å². The van der Waals surface area contributed by atoms with Crippen LogP contribution in [-0.2, 0) is 10.1 Å². The molecule has 150 valence electrons. The lowest BCUT2D eigenvalue weighted by Crippen LogP contribution is -2.02. The Morgan fingerprint density at radius 2 is 1.55 bits per heavy atom. The van der Waals surface area contributed by atoms with Crippen LogP contribution in [0.1, 0.15) is 23.6 Å². The highest BCUT2D eigenvalue weighted by atomic mass is 79.9. The van der Waals surface area contributed by atoms with Crippen LogP contribution < -0.4 is 4.74 Å². The van der Waals surface area contributed by atoms with Crippen LogP contribution in [0.3, 0.4) is 0 Å². The molecule has 0 aromatic heterocycles. The van der Waals surface area contributed by atoms with Crippen molar-refractivity contribution >= 4 is 77.5 Å². The highest BCUT2D eigenvalue weighted by Gasteiger charge is 2.05. The molecule has 0 aliphatic carbocycles. The van der Waals surface area contributed by atoms with E-state index in [-0.39, 0.29) is 5.97 Å². The molecule has 3 aromatic carbocycles. The minimum atomic E-state index is -0.358. The quantitative estimate of drug-likeness (QED) is 0.130. The first kappa shape index (κ1) is 23.9. The number of carbonyl (C=O) groups is 1. The van der Waals surface area contributed by atoms with E-state index in [9.17, 15) is 4.79 Å². The lowest BCUT2D eigenvalue weighted by atomic mass is 10.1. The second-order valence-electron chi connectivity index (χ2n) is 5.86. The molecule has 0 spiro atoms. The van der Waals surface area contributed by atoms with Crippen LogP contribution >= 0.6 is 59.4 Å². The van der Waals surface area contributed by atoms with E-state index < -0.39 is 0 Å². The zero-order valence-electron chi connectivity index (χ0n) is 15.5. The summed E-state index contributed by atoms with van der Waals surface area (Å²) in [4.78, 5) is 11.1. The van der Waals surface area contributed by atoms with E-state index in [0.29, 0.717) is 10.8 Å². The fourth-order valence-corrected chi connectivity index (χ4v) is 4.18. The second-order valence-corrected chi connectivity index (χ2v) is 8.56. The SMILES string of the molecule is BrCc1ccccc1Br.CC(=O)Oc1ccc(Cl)cc1C=Cc1ccccc1Br. The van der Waals surface area contributed by atoms with Crippen LogP contribution in [0.15, 0.2) is 75.7 Å². The van der Waals surface area contributed by atoms with Crippen molar-refractivity contribution in [1.29, 1.82) is 0 Å². The van der Waals surface area contributed by atoms with Crippen LogP contribution in [-0.4, -0.2) is 5.97 Å². The molecule has 0 radical (unpaired) electrons. The Morgan fingerprint density at radius 3 is 2.14 bits per heavy atom. The molecule has 0 atom stereocenters. The van der Waals surface area contributed by atoms with Crippen LogP contribution in [0, 0.1) is 0 Å². The standard InChI is InChI=1S/C16H12BrClO2.C7H6Br2/c1-11(19)20-16-9-8-14(18)10-13(16)7-6-12-4-2-3-5-15(12)17;8-5-6-3-1-2-4-7(6)9/h2-10H,1H3;1-4H,5H2. The van der Waals surface area contributed by atoms with Gasteiger partial charge in [0, 0.05) is 31.8 Å². The van der Waals surface area contributed by atoms with Crippen molar-refractivity contribution in [2.75, 3.05) is 0 Å². The third kappa shape index (κ3) is 8.09. The molecule has 29 heavy (non-hydrogen) atoms. The molecular formula is C23H18Br3ClO2. The second kappa shape index (κ2) is 12.3. The molecule has 6 heteroatoms. The van der Waals surface area contributed by atoms with E-state index in [4.69, 9.17) is 16.3 Å². The van der Waals surface area contributed by atoms with Gasteiger partial charge in [-0.1, -0.05) is 108 Å². The number of benzene rings is 3. The molecule has 2 nitrogen and oxygen atoms in total. The van der Waals surface area contributed by atoms with E-state index in [0.717, 1.165) is 20.9 Å². The predicted octanol–water partition coefficient (Wildman–Crippen LogP) is 8.54. The van der Waals surface area contributed by atoms with Crippen LogP contribution in [0.4, 0.5) is 0 Å². The Kier molecular flexibility index (Phi) is 10.2. The molecular weight excluding hydrogens is 583 g/mol. The molecule has 3 aromatic rings. The Balaban J connectivity index is 0.000000278. The molecule has 0 fully saturated rings. The smallest absolute Gasteiger partial charge is 0.308 e. The Hall–Kier alpha value is -1.40. The zero-order chi connectivity index (χ0) is 21.2. The average molecular weight is 602 g/mol. The van der Waals surface area contributed by atoms with Crippen molar-refractivity contribution < 1.29 is 9.53 Å². The van der Waals surface area contributed by atoms with Gasteiger partial charge in [-0.25, -0.2) is 0 Å². The topological polar surface area (TPSA) is 26.3 Å². The summed E-state index contributed by atoms with van der Waals surface area (Å²) < 4.78 is 7.32. The molecule has 0 amide bonds. The monoisotopic (exact) mass is 598 g/mol. The number of rotatable bonds is 4. The number of esters is 1. The maximum absolute atomic E-state index is 11.1. The summed E-state index contributed by atoms with van der Waals surface area (Å²) >= 11 is 16.3. The Morgan fingerprint density at radius 1 is 0.931 bits per heavy atom. The maximum Gasteiger partial charge on any atom is 0.308 e. The van der Waals surface area contributed by atoms with Gasteiger partial charge in [0.15, 0.2) is 0 Å². The minimum Gasteiger partial charge on any atom is -0.426 e. The molecule has 0 N–H and O–H groups in total. The van der Waals surface area contributed by atoms with E-state index in [1.165, 1.54) is 17.0 Å². The number of ether oxygens (including phenoxy) is 1. The molecule has 0 unspecified atom stereocenters. The third-order valence-corrected chi connectivity index (χ3v) is 6.01. The predicted molar refractivity (Wildman–Crippen MR) is 133 cm³/mol. The van der Waals surface area contributed by atoms with Crippen LogP contribution in [0.5, 0.6) is 5.75 Å². The highest BCUT2D eigenvalue weighted by molar-refractivity contribution is 9.11. The van der Waals surface area contributed by atoms with Gasteiger partial charge in [-0.15, -0.1) is 0 Å². The molecule has 0 aliphatic heterocycles. The first-order valence-electron chi connectivity index (χ1n) is 8.60. The molecule has 0 bridgehead atoms. The Labute approximate surface area is 201 Å². The van der Waals surface area contributed by atoms with Gasteiger partial charge in [-0.2, -0.15) is 0 Å². The minimum absolute atomic E-state index is 0.358. The number of alkyl halides is 1. The molecule has 0 saturated heterocycles. The van der Waals surface area contributed by atoms with Crippen molar-refractivity contribution in [3.8, 4) is 5.75 Å². The van der Waals surface area contributed by atoms with E-state index in [1.54, 1.807) is 18.2 Å². The fourth-order valence-electron chi connectivity index (χ4n) is 2.29. The van der Waals surface area contributed by atoms with Gasteiger partial charge in [0.1, 0.15) is 5.75 Å². The summed E-state index contributed by atoms with van der Waals surface area (Å²) in [6.45, 7) is 1.37. The number of carbonyl (C=O) groups excluding carboxylic acids is 1. The fraction of sp³-hybridized carbons (Fsp3) is 0.0870. The average Bonchev–Trinajstić information content (AvgIpc) is 2.70. The molecule has 3 rings (SSSR count). The van der Waals surface area contributed by atoms with Gasteiger partial charge < -0.3 is 4.74 Å². The number of hydrogen-bond acceptors (Lipinski definition) is 2. The van der Waals surface area contributed by atoms with E-state index in [2.05, 4.69) is 53.9 Å². The first-order valence-corrected chi connectivity index (χ1v) is 11.7. The summed E-state index contributed by atoms with van der Waals surface area (Å²) in [7, 11) is 0. The number of hydrogen-bond donors (Lipinski definition) is 0. The zero-order valence-corrected chi connectivity index (χ0v) is 21.1. The molecule has 0 saturated carbocycles. The largest absolute Gasteiger partial charge is 0.426 e. The van der Waals surface area contributed by atoms with Crippen molar-refractivity contribution in [3.05, 3.63) is 97.4 Å². The summed E-state index contributed by atoms with van der Waals surface area (Å²) in [5.41, 5.74) is 3.07. The summed E-state index contributed by atoms with van der Waals surface area (Å²) in [6.07, 6.45) is 3.80. The van der Waals surface area contributed by atoms with Gasteiger partial charge in [0.25, 0.3) is 0 Å². The first-order chi connectivity index (χ1) is 13.9. The Bertz CT molecular complexity index is 1000. The summed E-state index contributed by atoms with van der Waals surface area (Å²) in [5.74, 6) is 0.132. The van der Waals surface area contributed by atoms with Gasteiger partial charge >= 0.3 is 5.97 Å². The lowest BCUT2D eigenvalue weighted by Gasteiger charge is -2.06. The van der Waals surface area contributed by atoms with Gasteiger partial charge in [0.2, 0.25) is 0 Å². The highest BCUT2D eigenvalue weighted by Crippen LogP contribution is 2.26. The van der Waals surface area contributed by atoms with Crippen LogP contribution in [0.2, 0.25) is 5.02 Å². The number of halogens is 4. The van der Waals surface area contributed by atoms with Crippen molar-refractivity contribution in [3.63, 3.8) is 0 Å². The van der Waals surface area contributed by atoms with Crippen molar-refractivity contribution in [2.45, 2.75) is 12.3 Å².